The molecule has 2 rings (SSSR count). The highest BCUT2D eigenvalue weighted by molar-refractivity contribution is 5.64. The van der Waals surface area contributed by atoms with Gasteiger partial charge >= 0.3 is 6.18 Å². The van der Waals surface area contributed by atoms with E-state index in [1.54, 1.807) is 18.2 Å². The van der Waals surface area contributed by atoms with Gasteiger partial charge in [-0.1, -0.05) is 6.07 Å². The first kappa shape index (κ1) is 14.9. The Balaban J connectivity index is 2.31. The molecule has 5 nitrogen and oxygen atoms in total. The highest BCUT2D eigenvalue weighted by Crippen LogP contribution is 2.29. The molecule has 0 bridgehead atoms. The van der Waals surface area contributed by atoms with Crippen molar-refractivity contribution in [1.82, 2.24) is 9.97 Å². The molecule has 3 N–H and O–H groups in total. The van der Waals surface area contributed by atoms with Crippen molar-refractivity contribution in [2.24, 2.45) is 0 Å². The van der Waals surface area contributed by atoms with Gasteiger partial charge in [-0.3, -0.25) is 0 Å². The number of nitrogens with zero attached hydrogens (tertiary/aromatic N) is 3. The van der Waals surface area contributed by atoms with E-state index in [9.17, 15) is 13.2 Å². The third-order valence-corrected chi connectivity index (χ3v) is 2.63. The summed E-state index contributed by atoms with van der Waals surface area (Å²) in [5.74, 6) is -1.52. The van der Waals surface area contributed by atoms with Crippen LogP contribution in [0.2, 0.25) is 0 Å². The molecule has 0 aliphatic carbocycles. The number of rotatable bonds is 3. The Morgan fingerprint density at radius 2 is 1.86 bits per heavy atom. The first-order valence-corrected chi connectivity index (χ1v) is 6.02. The number of nitrogens with two attached hydrogens (primary N) is 1. The summed E-state index contributed by atoms with van der Waals surface area (Å²) in [4.78, 5) is 8.50. The lowest BCUT2D eigenvalue weighted by Gasteiger charge is -2.15. The fourth-order valence-electron chi connectivity index (χ4n) is 1.67. The maximum atomic E-state index is 12.6. The minimum absolute atomic E-state index is 0.00858. The number of alkyl halides is 3. The maximum absolute atomic E-state index is 12.6. The summed E-state index contributed by atoms with van der Waals surface area (Å²) >= 11 is 0. The van der Waals surface area contributed by atoms with Crippen LogP contribution < -0.4 is 16.0 Å². The molecule has 0 radical (unpaired) electrons. The van der Waals surface area contributed by atoms with Crippen LogP contribution in [0, 0.1) is 0 Å². The second-order valence-corrected chi connectivity index (χ2v) is 4.57. The van der Waals surface area contributed by atoms with Gasteiger partial charge in [0.15, 0.2) is 0 Å². The molecule has 0 aliphatic heterocycles. The van der Waals surface area contributed by atoms with Gasteiger partial charge in [-0.05, 0) is 18.2 Å². The monoisotopic (exact) mass is 297 g/mol. The minimum Gasteiger partial charge on any atom is -0.384 e. The van der Waals surface area contributed by atoms with E-state index in [0.29, 0.717) is 5.69 Å². The van der Waals surface area contributed by atoms with Gasteiger partial charge in [0, 0.05) is 31.5 Å². The van der Waals surface area contributed by atoms with Gasteiger partial charge in [0.25, 0.3) is 0 Å². The molecule has 1 aromatic heterocycles. The Morgan fingerprint density at radius 1 is 1.14 bits per heavy atom. The Hall–Kier alpha value is -2.51. The van der Waals surface area contributed by atoms with Gasteiger partial charge in [0.1, 0.15) is 11.6 Å². The molecule has 0 fully saturated rings. The summed E-state index contributed by atoms with van der Waals surface area (Å²) in [5, 5.41) is 2.79. The lowest BCUT2D eigenvalue weighted by Crippen LogP contribution is -2.13. The lowest BCUT2D eigenvalue weighted by atomic mass is 10.2. The quantitative estimate of drug-likeness (QED) is 0.912. The normalized spacial score (nSPS) is 11.3. The molecule has 8 heteroatoms. The number of nitrogen functional groups attached to an aromatic ring is 1. The number of hydrogen-bond donors (Lipinski definition) is 2. The Kier molecular flexibility index (Phi) is 3.88. The standard InChI is InChI=1S/C13H14F3N5/c1-21(2)9-5-3-4-8(6-9)18-11-7-10(17)19-12(20-11)13(14,15)16/h3-7H,1-2H3,(H3,17,18,19,20). The fraction of sp³-hybridized carbons (Fsp3) is 0.231. The number of aromatic nitrogens is 2. The van der Waals surface area contributed by atoms with Crippen molar-refractivity contribution in [2.75, 3.05) is 30.0 Å². The van der Waals surface area contributed by atoms with Gasteiger partial charge in [-0.2, -0.15) is 13.2 Å². The third kappa shape index (κ3) is 3.74. The zero-order chi connectivity index (χ0) is 15.6. The van der Waals surface area contributed by atoms with Crippen molar-refractivity contribution in [3.63, 3.8) is 0 Å². The fourth-order valence-corrected chi connectivity index (χ4v) is 1.67. The van der Waals surface area contributed by atoms with Crippen molar-refractivity contribution in [1.29, 1.82) is 0 Å². The summed E-state index contributed by atoms with van der Waals surface area (Å²) in [6, 6.07) is 8.41. The topological polar surface area (TPSA) is 67.1 Å². The van der Waals surface area contributed by atoms with Gasteiger partial charge in [0.05, 0.1) is 0 Å². The van der Waals surface area contributed by atoms with Crippen LogP contribution >= 0.6 is 0 Å². The van der Waals surface area contributed by atoms with Crippen LogP contribution in [-0.4, -0.2) is 24.1 Å². The van der Waals surface area contributed by atoms with Crippen LogP contribution in [0.3, 0.4) is 0 Å². The second kappa shape index (κ2) is 5.47. The molecular weight excluding hydrogens is 283 g/mol. The number of nitrogens with one attached hydrogen (secondary N) is 1. The number of anilines is 4. The van der Waals surface area contributed by atoms with Gasteiger partial charge < -0.3 is 16.0 Å². The minimum atomic E-state index is -4.64. The molecule has 1 heterocycles. The smallest absolute Gasteiger partial charge is 0.384 e. The zero-order valence-electron chi connectivity index (χ0n) is 11.4. The molecule has 2 aromatic rings. The average molecular weight is 297 g/mol. The summed E-state index contributed by atoms with van der Waals surface area (Å²) < 4.78 is 37.9. The van der Waals surface area contributed by atoms with Crippen molar-refractivity contribution in [2.45, 2.75) is 6.18 Å². The van der Waals surface area contributed by atoms with Crippen LogP contribution in [0.1, 0.15) is 5.82 Å². The van der Waals surface area contributed by atoms with E-state index in [0.717, 1.165) is 5.69 Å². The molecule has 21 heavy (non-hydrogen) atoms. The predicted molar refractivity (Wildman–Crippen MR) is 75.5 cm³/mol. The lowest BCUT2D eigenvalue weighted by molar-refractivity contribution is -0.144. The molecule has 0 unspecified atom stereocenters. The van der Waals surface area contributed by atoms with E-state index < -0.39 is 12.0 Å². The third-order valence-electron chi connectivity index (χ3n) is 2.63. The molecule has 1 aromatic carbocycles. The molecule has 0 saturated carbocycles. The van der Waals surface area contributed by atoms with E-state index in [-0.39, 0.29) is 11.6 Å². The molecule has 0 saturated heterocycles. The van der Waals surface area contributed by atoms with Crippen molar-refractivity contribution < 1.29 is 13.2 Å². The van der Waals surface area contributed by atoms with E-state index in [4.69, 9.17) is 5.73 Å². The zero-order valence-corrected chi connectivity index (χ0v) is 11.4. The van der Waals surface area contributed by atoms with Crippen LogP contribution in [0.15, 0.2) is 30.3 Å². The number of hydrogen-bond acceptors (Lipinski definition) is 5. The van der Waals surface area contributed by atoms with Crippen molar-refractivity contribution in [3.05, 3.63) is 36.2 Å². The Labute approximate surface area is 119 Å². The largest absolute Gasteiger partial charge is 0.451 e. The molecule has 112 valence electrons. The Bertz CT molecular complexity index is 640. The highest BCUT2D eigenvalue weighted by atomic mass is 19.4. The molecule has 0 amide bonds. The summed E-state index contributed by atoms with van der Waals surface area (Å²) in [7, 11) is 3.73. The van der Waals surface area contributed by atoms with Crippen molar-refractivity contribution >= 4 is 23.0 Å². The predicted octanol–water partition coefficient (Wildman–Crippen LogP) is 2.89. The molecule has 0 atom stereocenters. The maximum Gasteiger partial charge on any atom is 0.451 e. The van der Waals surface area contributed by atoms with Crippen LogP contribution in [0.4, 0.5) is 36.2 Å². The summed E-state index contributed by atoms with van der Waals surface area (Å²) in [6.45, 7) is 0. The second-order valence-electron chi connectivity index (χ2n) is 4.57. The number of benzene rings is 1. The number of halogens is 3. The van der Waals surface area contributed by atoms with E-state index in [1.165, 1.54) is 6.07 Å². The van der Waals surface area contributed by atoms with Crippen LogP contribution in [0.5, 0.6) is 0 Å². The SMILES string of the molecule is CN(C)c1cccc(Nc2cc(N)nc(C(F)(F)F)n2)c1. The van der Waals surface area contributed by atoms with Crippen LogP contribution in [-0.2, 0) is 6.18 Å². The van der Waals surface area contributed by atoms with E-state index >= 15 is 0 Å². The van der Waals surface area contributed by atoms with Crippen molar-refractivity contribution in [3.8, 4) is 0 Å². The summed E-state index contributed by atoms with van der Waals surface area (Å²) in [5.41, 5.74) is 6.89. The first-order valence-electron chi connectivity index (χ1n) is 6.02. The van der Waals surface area contributed by atoms with Crippen LogP contribution in [0.25, 0.3) is 0 Å². The van der Waals surface area contributed by atoms with Gasteiger partial charge in [-0.25, -0.2) is 9.97 Å². The van der Waals surface area contributed by atoms with E-state index in [1.807, 2.05) is 25.1 Å². The summed E-state index contributed by atoms with van der Waals surface area (Å²) in [6.07, 6.45) is -4.64. The van der Waals surface area contributed by atoms with Gasteiger partial charge in [0.2, 0.25) is 5.82 Å². The van der Waals surface area contributed by atoms with Gasteiger partial charge in [-0.15, -0.1) is 0 Å². The average Bonchev–Trinajstić information content (AvgIpc) is 2.37. The first-order chi connectivity index (χ1) is 9.75. The molecular formula is C13H14F3N5. The highest BCUT2D eigenvalue weighted by Gasteiger charge is 2.35. The molecule has 0 spiro atoms. The molecule has 0 aliphatic rings. The Morgan fingerprint density at radius 3 is 2.48 bits per heavy atom. The van der Waals surface area contributed by atoms with E-state index in [2.05, 4.69) is 15.3 Å².